The first-order valence-electron chi connectivity index (χ1n) is 26.7. The van der Waals surface area contributed by atoms with Crippen LogP contribution in [0.15, 0.2) is 48.6 Å². The van der Waals surface area contributed by atoms with Gasteiger partial charge in [-0.3, -0.25) is 9.59 Å². The number of hydrogen-bond donors (Lipinski definition) is 1. The van der Waals surface area contributed by atoms with Crippen LogP contribution in [0, 0.1) is 0 Å². The first-order valence-corrected chi connectivity index (χ1v) is 26.7. The molecule has 0 aliphatic heterocycles. The van der Waals surface area contributed by atoms with Crippen molar-refractivity contribution in [1.82, 2.24) is 0 Å². The number of hydrogen-bond acceptors (Lipinski definition) is 5. The summed E-state index contributed by atoms with van der Waals surface area (Å²) in [4.78, 5) is 24.4. The first-order chi connectivity index (χ1) is 30.1. The second-order valence-corrected chi connectivity index (χ2v) is 17.9. The van der Waals surface area contributed by atoms with Gasteiger partial charge in [-0.25, -0.2) is 0 Å². The molecule has 0 heterocycles. The van der Waals surface area contributed by atoms with E-state index in [-0.39, 0.29) is 25.2 Å². The highest BCUT2D eigenvalue weighted by Crippen LogP contribution is 2.17. The number of unbranched alkanes of at least 4 members (excludes halogenated alkanes) is 33. The van der Waals surface area contributed by atoms with Crippen LogP contribution in [0.5, 0.6) is 0 Å². The van der Waals surface area contributed by atoms with E-state index in [9.17, 15) is 14.7 Å². The summed E-state index contributed by atoms with van der Waals surface area (Å²) in [6, 6.07) is 0. The van der Waals surface area contributed by atoms with Crippen LogP contribution < -0.4 is 0 Å². The van der Waals surface area contributed by atoms with Gasteiger partial charge in [0.1, 0.15) is 6.61 Å². The SMILES string of the molecule is CC/C=C\C/C=C\C/C=C\C/C=C\CCCCCCCCCCCCCCCCCCCCCCC(=O)OC(CO)COC(=O)CCCCCCCCCCCCCCCC. The van der Waals surface area contributed by atoms with Crippen molar-refractivity contribution < 1.29 is 24.2 Å². The van der Waals surface area contributed by atoms with Crippen molar-refractivity contribution in [2.24, 2.45) is 0 Å². The maximum absolute atomic E-state index is 12.3. The minimum absolute atomic E-state index is 0.0602. The van der Waals surface area contributed by atoms with Gasteiger partial charge in [-0.15, -0.1) is 0 Å². The smallest absolute Gasteiger partial charge is 0.306 e. The third kappa shape index (κ3) is 50.4. The fourth-order valence-corrected chi connectivity index (χ4v) is 7.90. The summed E-state index contributed by atoms with van der Waals surface area (Å²) in [5.74, 6) is -0.575. The summed E-state index contributed by atoms with van der Waals surface area (Å²) in [5.41, 5.74) is 0. The van der Waals surface area contributed by atoms with E-state index < -0.39 is 6.10 Å². The molecule has 5 heteroatoms. The average Bonchev–Trinajstić information content (AvgIpc) is 3.26. The quantitative estimate of drug-likeness (QED) is 0.0375. The van der Waals surface area contributed by atoms with Crippen LogP contribution in [-0.4, -0.2) is 36.4 Å². The molecule has 1 unspecified atom stereocenters. The molecule has 0 aromatic heterocycles. The van der Waals surface area contributed by atoms with E-state index >= 15 is 0 Å². The van der Waals surface area contributed by atoms with E-state index in [4.69, 9.17) is 9.47 Å². The standard InChI is InChI=1S/C56H102O5/c1-3-5-7-9-11-13-15-17-19-20-21-22-23-24-25-26-27-28-29-30-31-32-33-34-35-36-37-39-41-43-45-47-49-51-56(59)61-54(52-57)53-60-55(58)50-48-46-44-42-40-38-18-16-14-12-10-8-6-4-2/h5,7,11,13,17,19,21-22,54,57H,3-4,6,8-10,12,14-16,18,20,23-53H2,1-2H3/b7-5-,13-11-,19-17-,22-21-. The van der Waals surface area contributed by atoms with Gasteiger partial charge in [-0.1, -0.05) is 262 Å². The number of carbonyl (C=O) groups excluding carboxylic acids is 2. The Balaban J connectivity index is 3.41. The number of esters is 2. The molecule has 5 nitrogen and oxygen atoms in total. The number of allylic oxidation sites excluding steroid dienone is 8. The van der Waals surface area contributed by atoms with E-state index in [1.54, 1.807) is 0 Å². The van der Waals surface area contributed by atoms with Crippen LogP contribution >= 0.6 is 0 Å². The van der Waals surface area contributed by atoms with Crippen molar-refractivity contribution in [2.75, 3.05) is 13.2 Å². The number of carbonyl (C=O) groups is 2. The molecule has 61 heavy (non-hydrogen) atoms. The fourth-order valence-electron chi connectivity index (χ4n) is 7.90. The normalized spacial score (nSPS) is 12.5. The largest absolute Gasteiger partial charge is 0.462 e. The highest BCUT2D eigenvalue weighted by atomic mass is 16.6. The molecule has 1 atom stereocenters. The molecule has 0 aromatic rings. The van der Waals surface area contributed by atoms with E-state index in [1.807, 2.05) is 0 Å². The van der Waals surface area contributed by atoms with Crippen molar-refractivity contribution in [3.8, 4) is 0 Å². The highest BCUT2D eigenvalue weighted by Gasteiger charge is 2.16. The summed E-state index contributed by atoms with van der Waals surface area (Å²) >= 11 is 0. The van der Waals surface area contributed by atoms with Gasteiger partial charge in [0.05, 0.1) is 6.61 Å². The van der Waals surface area contributed by atoms with Gasteiger partial charge in [0.25, 0.3) is 0 Å². The zero-order valence-electron chi connectivity index (χ0n) is 40.7. The number of ether oxygens (including phenoxy) is 2. The van der Waals surface area contributed by atoms with Gasteiger partial charge >= 0.3 is 11.9 Å². The molecule has 0 saturated carbocycles. The van der Waals surface area contributed by atoms with Crippen molar-refractivity contribution in [3.63, 3.8) is 0 Å². The van der Waals surface area contributed by atoms with Gasteiger partial charge in [0.2, 0.25) is 0 Å². The zero-order valence-corrected chi connectivity index (χ0v) is 40.7. The summed E-state index contributed by atoms with van der Waals surface area (Å²) < 4.78 is 10.7. The van der Waals surface area contributed by atoms with Gasteiger partial charge in [-0.05, 0) is 51.4 Å². The topological polar surface area (TPSA) is 72.8 Å². The minimum Gasteiger partial charge on any atom is -0.462 e. The molecule has 0 spiro atoms. The maximum atomic E-state index is 12.3. The lowest BCUT2D eigenvalue weighted by molar-refractivity contribution is -0.161. The van der Waals surface area contributed by atoms with Gasteiger partial charge in [0.15, 0.2) is 6.10 Å². The molecule has 0 bridgehead atoms. The lowest BCUT2D eigenvalue weighted by Crippen LogP contribution is -2.28. The van der Waals surface area contributed by atoms with Crippen LogP contribution in [0.3, 0.4) is 0 Å². The van der Waals surface area contributed by atoms with E-state index in [2.05, 4.69) is 62.5 Å². The van der Waals surface area contributed by atoms with Crippen LogP contribution in [0.1, 0.15) is 277 Å². The van der Waals surface area contributed by atoms with Crippen LogP contribution in [-0.2, 0) is 19.1 Å². The van der Waals surface area contributed by atoms with E-state index in [0.29, 0.717) is 12.8 Å². The Kier molecular flexibility index (Phi) is 50.4. The molecular weight excluding hydrogens is 753 g/mol. The molecular formula is C56H102O5. The van der Waals surface area contributed by atoms with Gasteiger partial charge < -0.3 is 14.6 Å². The molecule has 356 valence electrons. The van der Waals surface area contributed by atoms with Crippen LogP contribution in [0.25, 0.3) is 0 Å². The molecule has 0 saturated heterocycles. The predicted molar refractivity (Wildman–Crippen MR) is 265 cm³/mol. The predicted octanol–water partition coefficient (Wildman–Crippen LogP) is 17.7. The van der Waals surface area contributed by atoms with E-state index in [1.165, 1.54) is 186 Å². The van der Waals surface area contributed by atoms with Crippen molar-refractivity contribution >= 4 is 11.9 Å². The number of aliphatic hydroxyl groups is 1. The molecule has 0 fully saturated rings. The summed E-state index contributed by atoms with van der Waals surface area (Å²) in [7, 11) is 0. The van der Waals surface area contributed by atoms with Crippen LogP contribution in [0.2, 0.25) is 0 Å². The van der Waals surface area contributed by atoms with E-state index in [0.717, 1.165) is 64.2 Å². The Morgan fingerprint density at radius 3 is 1.07 bits per heavy atom. The summed E-state index contributed by atoms with van der Waals surface area (Å²) in [5, 5.41) is 9.62. The Morgan fingerprint density at radius 2 is 0.705 bits per heavy atom. The molecule has 0 aromatic carbocycles. The molecule has 0 radical (unpaired) electrons. The van der Waals surface area contributed by atoms with Crippen LogP contribution in [0.4, 0.5) is 0 Å². The molecule has 0 rings (SSSR count). The Bertz CT molecular complexity index is 1010. The Morgan fingerprint density at radius 1 is 0.393 bits per heavy atom. The van der Waals surface area contributed by atoms with Crippen molar-refractivity contribution in [2.45, 2.75) is 283 Å². The molecule has 0 aliphatic rings. The lowest BCUT2D eigenvalue weighted by atomic mass is 10.0. The second-order valence-electron chi connectivity index (χ2n) is 17.9. The van der Waals surface area contributed by atoms with Gasteiger partial charge in [-0.2, -0.15) is 0 Å². The number of aliphatic hydroxyl groups excluding tert-OH is 1. The van der Waals surface area contributed by atoms with Gasteiger partial charge in [0, 0.05) is 12.8 Å². The fraction of sp³-hybridized carbons (Fsp3) is 0.821. The summed E-state index contributed by atoms with van der Waals surface area (Å²) in [6.45, 7) is 4.06. The zero-order chi connectivity index (χ0) is 44.2. The maximum Gasteiger partial charge on any atom is 0.306 e. The third-order valence-corrected chi connectivity index (χ3v) is 11.9. The minimum atomic E-state index is -0.767. The lowest BCUT2D eigenvalue weighted by Gasteiger charge is -2.15. The first kappa shape index (κ1) is 58.9. The molecule has 0 aliphatic carbocycles. The highest BCUT2D eigenvalue weighted by molar-refractivity contribution is 5.70. The molecule has 1 N–H and O–H groups in total. The van der Waals surface area contributed by atoms with Crippen molar-refractivity contribution in [3.05, 3.63) is 48.6 Å². The molecule has 0 amide bonds. The number of rotatable bonds is 49. The van der Waals surface area contributed by atoms with Crippen molar-refractivity contribution in [1.29, 1.82) is 0 Å². The monoisotopic (exact) mass is 855 g/mol. The average molecular weight is 855 g/mol. The third-order valence-electron chi connectivity index (χ3n) is 11.9. The Labute approximate surface area is 379 Å². The Hall–Kier alpha value is -2.14. The second kappa shape index (κ2) is 52.2. The summed E-state index contributed by atoms with van der Waals surface area (Å²) in [6.07, 6.45) is 68.0.